The number of rotatable bonds is 6. The van der Waals surface area contributed by atoms with Gasteiger partial charge in [0.1, 0.15) is 0 Å². The fourth-order valence-corrected chi connectivity index (χ4v) is 3.77. The highest BCUT2D eigenvalue weighted by molar-refractivity contribution is 7.89. The molecule has 0 radical (unpaired) electrons. The van der Waals surface area contributed by atoms with Crippen molar-refractivity contribution in [2.24, 2.45) is 0 Å². The highest BCUT2D eigenvalue weighted by Gasteiger charge is 2.33. The Labute approximate surface area is 152 Å². The maximum atomic E-state index is 12.8. The Morgan fingerprint density at radius 2 is 1.77 bits per heavy atom. The molecule has 0 bridgehead atoms. The molecule has 5 nitrogen and oxygen atoms in total. The average molecular weight is 407 g/mol. The molecule has 0 fully saturated rings. The maximum absolute atomic E-state index is 12.8. The molecule has 0 aromatic heterocycles. The summed E-state index contributed by atoms with van der Waals surface area (Å²) in [6.07, 6.45) is -4.74. The number of hydrogen-bond donors (Lipinski definition) is 0. The van der Waals surface area contributed by atoms with E-state index in [1.165, 1.54) is 12.1 Å². The summed E-state index contributed by atoms with van der Waals surface area (Å²) in [6, 6.07) is 9.17. The van der Waals surface area contributed by atoms with E-state index in [-0.39, 0.29) is 5.02 Å². The van der Waals surface area contributed by atoms with E-state index in [1.807, 2.05) is 0 Å². The molecule has 2 aromatic rings. The lowest BCUT2D eigenvalue weighted by Gasteiger charge is -2.23. The molecule has 26 heavy (non-hydrogen) atoms. The molecule has 0 amide bonds. The number of carboxylic acids is 1. The van der Waals surface area contributed by atoms with E-state index in [4.69, 9.17) is 11.6 Å². The molecule has 0 heterocycles. The third kappa shape index (κ3) is 4.75. The van der Waals surface area contributed by atoms with Gasteiger partial charge in [0.2, 0.25) is 10.0 Å². The van der Waals surface area contributed by atoms with E-state index < -0.39 is 45.7 Å². The van der Waals surface area contributed by atoms with E-state index in [0.29, 0.717) is 15.9 Å². The van der Waals surface area contributed by atoms with Crippen LogP contribution in [0.5, 0.6) is 0 Å². The van der Waals surface area contributed by atoms with Gasteiger partial charge < -0.3 is 9.90 Å². The molecular formula is C16H12ClF3NO4S-. The highest BCUT2D eigenvalue weighted by Crippen LogP contribution is 2.31. The summed E-state index contributed by atoms with van der Waals surface area (Å²) in [5, 5.41) is 11.1. The zero-order valence-electron chi connectivity index (χ0n) is 13.0. The molecule has 2 rings (SSSR count). The first kappa shape index (κ1) is 20.2. The lowest BCUT2D eigenvalue weighted by Crippen LogP contribution is -2.41. The summed E-state index contributed by atoms with van der Waals surface area (Å²) in [5.41, 5.74) is -0.865. The van der Waals surface area contributed by atoms with Crippen molar-refractivity contribution in [2.45, 2.75) is 17.6 Å². The summed E-state index contributed by atoms with van der Waals surface area (Å²) in [7, 11) is -4.54. The van der Waals surface area contributed by atoms with Crippen LogP contribution in [0.3, 0.4) is 0 Å². The first-order valence-electron chi connectivity index (χ1n) is 7.12. The number of carboxylic acid groups (broad SMARTS) is 1. The number of benzene rings is 2. The van der Waals surface area contributed by atoms with Crippen LogP contribution in [-0.4, -0.2) is 25.2 Å². The number of nitrogens with zero attached hydrogens (tertiary/aromatic N) is 1. The second-order valence-corrected chi connectivity index (χ2v) is 7.61. The first-order valence-corrected chi connectivity index (χ1v) is 8.94. The summed E-state index contributed by atoms with van der Waals surface area (Å²) >= 11 is 5.95. The molecule has 0 atom stereocenters. The van der Waals surface area contributed by atoms with E-state index >= 15 is 0 Å². The van der Waals surface area contributed by atoms with Crippen molar-refractivity contribution in [3.8, 4) is 0 Å². The van der Waals surface area contributed by atoms with Gasteiger partial charge >= 0.3 is 6.18 Å². The Hall–Kier alpha value is -2.10. The molecule has 140 valence electrons. The van der Waals surface area contributed by atoms with Crippen LogP contribution in [0.4, 0.5) is 13.2 Å². The van der Waals surface area contributed by atoms with E-state index in [9.17, 15) is 31.5 Å². The standard InChI is InChI=1S/C16H13ClF3NO4S/c17-14-7-2-1-4-11(14)9-21(10-15(22)23)26(24,25)13-6-3-5-12(8-13)16(18,19)20/h1-8H,9-10H2,(H,22,23)/p-1. The first-order chi connectivity index (χ1) is 12.0. The molecule has 0 aliphatic heterocycles. The molecule has 0 saturated carbocycles. The summed E-state index contributed by atoms with van der Waals surface area (Å²) < 4.78 is 64.4. The van der Waals surface area contributed by atoms with Gasteiger partial charge in [0.25, 0.3) is 0 Å². The minimum atomic E-state index is -4.74. The number of sulfonamides is 1. The minimum absolute atomic E-state index is 0.190. The van der Waals surface area contributed by atoms with Gasteiger partial charge in [-0.1, -0.05) is 35.9 Å². The second-order valence-electron chi connectivity index (χ2n) is 5.26. The second kappa shape index (κ2) is 7.65. The average Bonchev–Trinajstić information content (AvgIpc) is 2.55. The van der Waals surface area contributed by atoms with Gasteiger partial charge in [-0.15, -0.1) is 0 Å². The zero-order chi connectivity index (χ0) is 19.5. The van der Waals surface area contributed by atoms with Crippen molar-refractivity contribution in [3.63, 3.8) is 0 Å². The quantitative estimate of drug-likeness (QED) is 0.737. The molecule has 0 unspecified atom stereocenters. The van der Waals surface area contributed by atoms with Crippen LogP contribution >= 0.6 is 11.6 Å². The number of carbonyl (C=O) groups excluding carboxylic acids is 1. The molecule has 10 heteroatoms. The summed E-state index contributed by atoms with van der Waals surface area (Å²) in [6.45, 7) is -1.48. The minimum Gasteiger partial charge on any atom is -0.549 e. The number of hydrogen-bond acceptors (Lipinski definition) is 4. The van der Waals surface area contributed by atoms with Crippen molar-refractivity contribution in [3.05, 3.63) is 64.7 Å². The predicted octanol–water partition coefficient (Wildman–Crippen LogP) is 2.30. The van der Waals surface area contributed by atoms with Crippen LogP contribution in [0.25, 0.3) is 0 Å². The Kier molecular flexibility index (Phi) is 5.94. The number of carbonyl (C=O) groups is 1. The monoisotopic (exact) mass is 406 g/mol. The highest BCUT2D eigenvalue weighted by atomic mass is 35.5. The van der Waals surface area contributed by atoms with Crippen molar-refractivity contribution < 1.29 is 31.5 Å². The van der Waals surface area contributed by atoms with Crippen molar-refractivity contribution >= 4 is 27.6 Å². The van der Waals surface area contributed by atoms with Crippen LogP contribution in [-0.2, 0) is 27.5 Å². The van der Waals surface area contributed by atoms with Crippen molar-refractivity contribution in [1.82, 2.24) is 4.31 Å². The van der Waals surface area contributed by atoms with Crippen LogP contribution in [0.1, 0.15) is 11.1 Å². The molecule has 2 aromatic carbocycles. The smallest absolute Gasteiger partial charge is 0.416 e. The lowest BCUT2D eigenvalue weighted by atomic mass is 10.2. The van der Waals surface area contributed by atoms with Gasteiger partial charge in [0.05, 0.1) is 23.0 Å². The zero-order valence-corrected chi connectivity index (χ0v) is 14.6. The number of aliphatic carboxylic acids is 1. The predicted molar refractivity (Wildman–Crippen MR) is 85.5 cm³/mol. The van der Waals surface area contributed by atoms with Crippen LogP contribution in [0.15, 0.2) is 53.4 Å². The SMILES string of the molecule is O=C([O-])CN(Cc1ccccc1Cl)S(=O)(=O)c1cccc(C(F)(F)F)c1. The van der Waals surface area contributed by atoms with Gasteiger partial charge in [-0.2, -0.15) is 17.5 Å². The molecular weight excluding hydrogens is 395 g/mol. The Morgan fingerprint density at radius 3 is 2.35 bits per heavy atom. The van der Waals surface area contributed by atoms with Crippen LogP contribution in [0.2, 0.25) is 5.02 Å². The van der Waals surface area contributed by atoms with Gasteiger partial charge in [-0.25, -0.2) is 8.42 Å². The van der Waals surface area contributed by atoms with Gasteiger partial charge in [-0.3, -0.25) is 0 Å². The molecule has 0 aliphatic carbocycles. The summed E-state index contributed by atoms with van der Waals surface area (Å²) in [4.78, 5) is 10.3. The van der Waals surface area contributed by atoms with Gasteiger partial charge in [0.15, 0.2) is 0 Å². The third-order valence-electron chi connectivity index (χ3n) is 3.41. The molecule has 0 N–H and O–H groups in total. The maximum Gasteiger partial charge on any atom is 0.416 e. The van der Waals surface area contributed by atoms with E-state index in [0.717, 1.165) is 18.2 Å². The number of alkyl halides is 3. The van der Waals surface area contributed by atoms with Crippen molar-refractivity contribution in [1.29, 1.82) is 0 Å². The fourth-order valence-electron chi connectivity index (χ4n) is 2.17. The number of halogens is 4. The van der Waals surface area contributed by atoms with Gasteiger partial charge in [0, 0.05) is 11.6 Å². The van der Waals surface area contributed by atoms with Crippen LogP contribution < -0.4 is 5.11 Å². The topological polar surface area (TPSA) is 77.5 Å². The normalized spacial score (nSPS) is 12.3. The fraction of sp³-hybridized carbons (Fsp3) is 0.188. The largest absolute Gasteiger partial charge is 0.549 e. The Morgan fingerprint density at radius 1 is 1.12 bits per heavy atom. The lowest BCUT2D eigenvalue weighted by molar-refractivity contribution is -0.305. The molecule has 0 spiro atoms. The molecule has 0 saturated heterocycles. The molecule has 0 aliphatic rings. The Bertz CT molecular complexity index is 916. The van der Waals surface area contributed by atoms with E-state index in [1.54, 1.807) is 12.1 Å². The van der Waals surface area contributed by atoms with Gasteiger partial charge in [-0.05, 0) is 29.8 Å². The third-order valence-corrected chi connectivity index (χ3v) is 5.57. The summed E-state index contributed by atoms with van der Waals surface area (Å²) in [5.74, 6) is -1.70. The van der Waals surface area contributed by atoms with E-state index in [2.05, 4.69) is 0 Å². The van der Waals surface area contributed by atoms with Crippen LogP contribution in [0, 0.1) is 0 Å². The van der Waals surface area contributed by atoms with Crippen molar-refractivity contribution in [2.75, 3.05) is 6.54 Å². The Balaban J connectivity index is 2.46.